The highest BCUT2D eigenvalue weighted by Gasteiger charge is 2.20. The van der Waals surface area contributed by atoms with E-state index in [2.05, 4.69) is 20.7 Å². The van der Waals surface area contributed by atoms with Gasteiger partial charge in [-0.3, -0.25) is 4.79 Å². The fourth-order valence-electron chi connectivity index (χ4n) is 3.44. The molecule has 0 bridgehead atoms. The second-order valence-corrected chi connectivity index (χ2v) is 7.39. The third kappa shape index (κ3) is 3.96. The minimum absolute atomic E-state index is 0.0330. The Morgan fingerprint density at radius 3 is 2.70 bits per heavy atom. The molecule has 1 aliphatic rings. The third-order valence-corrected chi connectivity index (χ3v) is 5.19. The molecule has 3 aromatic rings. The van der Waals surface area contributed by atoms with Gasteiger partial charge in [-0.05, 0) is 23.8 Å². The zero-order chi connectivity index (χ0) is 21.3. The number of carbonyl (C=O) groups is 1. The van der Waals surface area contributed by atoms with Gasteiger partial charge < -0.3 is 25.2 Å². The molecule has 2 aromatic carbocycles. The second kappa shape index (κ2) is 8.33. The minimum Gasteiger partial charge on any atom is -0.507 e. The fraction of sp³-hybridized carbons (Fsp3) is 0.238. The summed E-state index contributed by atoms with van der Waals surface area (Å²) >= 11 is 6.15. The Bertz CT molecular complexity index is 1070. The van der Waals surface area contributed by atoms with E-state index in [9.17, 15) is 14.3 Å². The van der Waals surface area contributed by atoms with Gasteiger partial charge in [0, 0.05) is 44.7 Å². The van der Waals surface area contributed by atoms with Crippen LogP contribution in [0.15, 0.2) is 40.9 Å². The van der Waals surface area contributed by atoms with Crippen molar-refractivity contribution in [1.82, 2.24) is 10.5 Å². The number of carbonyl (C=O) groups excluding carboxylic acids is 1. The Hall–Kier alpha value is -3.10. The standard InChI is InChI=1S/C21H20ClFN4O3/c1-12(28)25-20-16(22)9-13(10-17(20)23)14-3-2-4-15(21(14)29)18-11-19(26-30-18)27-7-5-24-6-8-27/h2-4,9-11,24,29H,5-8H2,1H3,(H,25,28). The van der Waals surface area contributed by atoms with Gasteiger partial charge >= 0.3 is 0 Å². The number of hydrogen-bond donors (Lipinski definition) is 3. The fourth-order valence-corrected chi connectivity index (χ4v) is 3.69. The van der Waals surface area contributed by atoms with E-state index in [1.807, 2.05) is 0 Å². The molecule has 0 unspecified atom stereocenters. The largest absolute Gasteiger partial charge is 0.507 e. The smallest absolute Gasteiger partial charge is 0.221 e. The van der Waals surface area contributed by atoms with Gasteiger partial charge in [0.2, 0.25) is 5.91 Å². The van der Waals surface area contributed by atoms with Crippen molar-refractivity contribution in [2.75, 3.05) is 36.4 Å². The van der Waals surface area contributed by atoms with Crippen LogP contribution < -0.4 is 15.5 Å². The number of hydrogen-bond acceptors (Lipinski definition) is 6. The predicted molar refractivity (Wildman–Crippen MR) is 113 cm³/mol. The summed E-state index contributed by atoms with van der Waals surface area (Å²) in [6, 6.07) is 9.55. The van der Waals surface area contributed by atoms with Gasteiger partial charge in [-0.1, -0.05) is 28.9 Å². The molecule has 0 aliphatic carbocycles. The molecule has 0 radical (unpaired) electrons. The molecule has 30 heavy (non-hydrogen) atoms. The monoisotopic (exact) mass is 430 g/mol. The number of aromatic nitrogens is 1. The third-order valence-electron chi connectivity index (χ3n) is 4.89. The lowest BCUT2D eigenvalue weighted by molar-refractivity contribution is -0.114. The van der Waals surface area contributed by atoms with Crippen LogP contribution in [0, 0.1) is 5.82 Å². The van der Waals surface area contributed by atoms with Gasteiger partial charge in [0.25, 0.3) is 0 Å². The first-order valence-corrected chi connectivity index (χ1v) is 9.83. The quantitative estimate of drug-likeness (QED) is 0.582. The molecule has 1 amide bonds. The molecule has 1 fully saturated rings. The number of nitrogens with one attached hydrogen (secondary N) is 2. The Kier molecular flexibility index (Phi) is 5.61. The predicted octanol–water partition coefficient (Wildman–Crippen LogP) is 3.87. The molecule has 0 spiro atoms. The molecule has 1 saturated heterocycles. The summed E-state index contributed by atoms with van der Waals surface area (Å²) in [6.07, 6.45) is 0. The van der Waals surface area contributed by atoms with E-state index in [-0.39, 0.29) is 16.5 Å². The van der Waals surface area contributed by atoms with Gasteiger partial charge in [-0.15, -0.1) is 0 Å². The van der Waals surface area contributed by atoms with Crippen LogP contribution in [0.4, 0.5) is 15.9 Å². The second-order valence-electron chi connectivity index (χ2n) is 6.98. The van der Waals surface area contributed by atoms with Gasteiger partial charge in [0.1, 0.15) is 11.6 Å². The number of nitrogens with zero attached hydrogens (tertiary/aromatic N) is 2. The lowest BCUT2D eigenvalue weighted by atomic mass is 9.99. The van der Waals surface area contributed by atoms with E-state index in [1.54, 1.807) is 24.3 Å². The molecule has 0 saturated carbocycles. The molecular formula is C21H20ClFN4O3. The number of anilines is 2. The maximum Gasteiger partial charge on any atom is 0.221 e. The molecular weight excluding hydrogens is 411 g/mol. The Morgan fingerprint density at radius 1 is 1.27 bits per heavy atom. The van der Waals surface area contributed by atoms with Gasteiger partial charge in [-0.2, -0.15) is 0 Å². The maximum absolute atomic E-state index is 14.5. The van der Waals surface area contributed by atoms with Crippen molar-refractivity contribution in [3.63, 3.8) is 0 Å². The lowest BCUT2D eigenvalue weighted by Crippen LogP contribution is -2.43. The normalized spacial score (nSPS) is 14.0. The lowest BCUT2D eigenvalue weighted by Gasteiger charge is -2.26. The van der Waals surface area contributed by atoms with Crippen molar-refractivity contribution in [2.24, 2.45) is 0 Å². The van der Waals surface area contributed by atoms with Crippen LogP contribution >= 0.6 is 11.6 Å². The van der Waals surface area contributed by atoms with Crippen molar-refractivity contribution in [3.8, 4) is 28.2 Å². The number of phenols is 1. The van der Waals surface area contributed by atoms with Crippen molar-refractivity contribution < 1.29 is 18.8 Å². The van der Waals surface area contributed by atoms with E-state index in [0.717, 1.165) is 26.2 Å². The number of phenolic OH excluding ortho intramolecular Hbond substituents is 1. The Labute approximate surface area is 177 Å². The first kappa shape index (κ1) is 20.2. The van der Waals surface area contributed by atoms with E-state index in [0.29, 0.717) is 28.3 Å². The molecule has 4 rings (SSSR count). The zero-order valence-electron chi connectivity index (χ0n) is 16.2. The van der Waals surface area contributed by atoms with Crippen LogP contribution in [0.2, 0.25) is 5.02 Å². The minimum atomic E-state index is -0.696. The summed E-state index contributed by atoms with van der Waals surface area (Å²) < 4.78 is 20.0. The summed E-state index contributed by atoms with van der Waals surface area (Å²) in [5.74, 6) is -0.102. The number of rotatable bonds is 4. The summed E-state index contributed by atoms with van der Waals surface area (Å²) in [7, 11) is 0. The molecule has 2 heterocycles. The molecule has 7 nitrogen and oxygen atoms in total. The molecule has 1 aromatic heterocycles. The molecule has 1 aliphatic heterocycles. The van der Waals surface area contributed by atoms with Crippen LogP contribution in [-0.4, -0.2) is 42.3 Å². The van der Waals surface area contributed by atoms with E-state index < -0.39 is 11.7 Å². The Morgan fingerprint density at radius 2 is 2.00 bits per heavy atom. The number of halogens is 2. The molecule has 156 valence electrons. The van der Waals surface area contributed by atoms with Gasteiger partial charge in [0.15, 0.2) is 11.6 Å². The highest BCUT2D eigenvalue weighted by molar-refractivity contribution is 6.34. The van der Waals surface area contributed by atoms with Crippen molar-refractivity contribution >= 4 is 29.0 Å². The van der Waals surface area contributed by atoms with E-state index in [1.165, 1.54) is 19.1 Å². The first-order valence-electron chi connectivity index (χ1n) is 9.46. The van der Waals surface area contributed by atoms with Crippen molar-refractivity contribution in [2.45, 2.75) is 6.92 Å². The van der Waals surface area contributed by atoms with Crippen LogP contribution in [0.1, 0.15) is 6.92 Å². The van der Waals surface area contributed by atoms with Crippen LogP contribution in [0.25, 0.3) is 22.5 Å². The van der Waals surface area contributed by atoms with Crippen LogP contribution in [0.5, 0.6) is 5.75 Å². The number of para-hydroxylation sites is 1. The summed E-state index contributed by atoms with van der Waals surface area (Å²) in [5.41, 5.74) is 1.08. The molecule has 3 N–H and O–H groups in total. The SMILES string of the molecule is CC(=O)Nc1c(F)cc(-c2cccc(-c3cc(N4CCNCC4)no3)c2O)cc1Cl. The van der Waals surface area contributed by atoms with Gasteiger partial charge in [0.05, 0.1) is 16.3 Å². The van der Waals surface area contributed by atoms with E-state index in [4.69, 9.17) is 16.1 Å². The number of amides is 1. The summed E-state index contributed by atoms with van der Waals surface area (Å²) in [4.78, 5) is 13.3. The summed E-state index contributed by atoms with van der Waals surface area (Å²) in [5, 5.41) is 20.7. The molecule has 0 atom stereocenters. The average Bonchev–Trinajstić information content (AvgIpc) is 3.21. The average molecular weight is 431 g/mol. The number of benzene rings is 2. The zero-order valence-corrected chi connectivity index (χ0v) is 17.0. The number of piperazine rings is 1. The first-order chi connectivity index (χ1) is 14.4. The molecule has 9 heteroatoms. The Balaban J connectivity index is 1.69. The summed E-state index contributed by atoms with van der Waals surface area (Å²) in [6.45, 7) is 4.63. The van der Waals surface area contributed by atoms with Crippen molar-refractivity contribution in [1.29, 1.82) is 0 Å². The highest BCUT2D eigenvalue weighted by Crippen LogP contribution is 2.41. The van der Waals surface area contributed by atoms with Crippen LogP contribution in [-0.2, 0) is 4.79 Å². The highest BCUT2D eigenvalue weighted by atomic mass is 35.5. The number of aromatic hydroxyl groups is 1. The van der Waals surface area contributed by atoms with Crippen molar-refractivity contribution in [3.05, 3.63) is 47.2 Å². The topological polar surface area (TPSA) is 90.6 Å². The van der Waals surface area contributed by atoms with Crippen LogP contribution in [0.3, 0.4) is 0 Å². The van der Waals surface area contributed by atoms with Gasteiger partial charge in [-0.25, -0.2) is 4.39 Å². The maximum atomic E-state index is 14.5. The van der Waals surface area contributed by atoms with E-state index >= 15 is 0 Å².